The van der Waals surface area contributed by atoms with E-state index >= 15 is 0 Å². The Balaban J connectivity index is 1.66. The molecule has 0 radical (unpaired) electrons. The highest BCUT2D eigenvalue weighted by Gasteiger charge is 2.16. The molecule has 1 heterocycles. The van der Waals surface area contributed by atoms with Crippen molar-refractivity contribution in [1.82, 2.24) is 9.55 Å². The van der Waals surface area contributed by atoms with E-state index in [1.165, 1.54) is 12.5 Å². The molecule has 0 saturated carbocycles. The highest BCUT2D eigenvalue weighted by molar-refractivity contribution is 5.85. The topological polar surface area (TPSA) is 73.6 Å². The molecule has 0 aliphatic carbocycles. The Kier molecular flexibility index (Phi) is 5.75. The summed E-state index contributed by atoms with van der Waals surface area (Å²) in [6, 6.07) is 25.1. The van der Waals surface area contributed by atoms with Gasteiger partial charge in [0.2, 0.25) is 0 Å². The summed E-state index contributed by atoms with van der Waals surface area (Å²) in [6.07, 6.45) is 2.89. The number of hydrogen-bond donors (Lipinski definition) is 1. The fourth-order valence-electron chi connectivity index (χ4n) is 3.02. The smallest absolute Gasteiger partial charge is 0.356 e. The standard InChI is InChI=1S/C24H20N2O4/c27-24(28)20-14-26(17-25-20)23-21(29-15-18-8-3-1-4-9-18)12-7-13-22(23)30-16-19-10-5-2-6-11-19/h1-14,17H,15-16H2,(H,27,28). The number of carbonyl (C=O) groups is 1. The predicted molar refractivity (Wildman–Crippen MR) is 112 cm³/mol. The maximum atomic E-state index is 11.3. The highest BCUT2D eigenvalue weighted by atomic mass is 16.5. The highest BCUT2D eigenvalue weighted by Crippen LogP contribution is 2.34. The van der Waals surface area contributed by atoms with Crippen LogP contribution in [0, 0.1) is 0 Å². The van der Waals surface area contributed by atoms with Gasteiger partial charge in [-0.2, -0.15) is 0 Å². The van der Waals surface area contributed by atoms with Crippen molar-refractivity contribution in [2.45, 2.75) is 13.2 Å². The van der Waals surface area contributed by atoms with Crippen LogP contribution >= 0.6 is 0 Å². The molecular formula is C24H20N2O4. The molecule has 0 unspecified atom stereocenters. The van der Waals surface area contributed by atoms with Crippen molar-refractivity contribution >= 4 is 5.97 Å². The molecule has 0 bridgehead atoms. The number of carboxylic acids is 1. The first-order valence-electron chi connectivity index (χ1n) is 9.45. The number of imidazole rings is 1. The van der Waals surface area contributed by atoms with E-state index in [1.807, 2.05) is 78.9 Å². The van der Waals surface area contributed by atoms with Crippen LogP contribution in [0.5, 0.6) is 11.5 Å². The van der Waals surface area contributed by atoms with Crippen LogP contribution in [0.25, 0.3) is 5.69 Å². The van der Waals surface area contributed by atoms with Gasteiger partial charge in [-0.05, 0) is 23.3 Å². The molecular weight excluding hydrogens is 380 g/mol. The minimum atomic E-state index is -1.09. The van der Waals surface area contributed by atoms with Gasteiger partial charge in [0.15, 0.2) is 5.69 Å². The third-order valence-electron chi connectivity index (χ3n) is 4.50. The Morgan fingerprint density at radius 1 is 0.800 bits per heavy atom. The summed E-state index contributed by atoms with van der Waals surface area (Å²) in [4.78, 5) is 15.3. The number of benzene rings is 3. The van der Waals surface area contributed by atoms with E-state index in [0.29, 0.717) is 30.4 Å². The van der Waals surface area contributed by atoms with Gasteiger partial charge in [0.1, 0.15) is 36.7 Å². The number of ether oxygens (including phenoxy) is 2. The summed E-state index contributed by atoms with van der Waals surface area (Å²) in [7, 11) is 0. The Labute approximate surface area is 174 Å². The molecule has 0 aliphatic heterocycles. The maximum Gasteiger partial charge on any atom is 0.356 e. The van der Waals surface area contributed by atoms with Crippen LogP contribution in [0.1, 0.15) is 21.6 Å². The number of para-hydroxylation sites is 1. The van der Waals surface area contributed by atoms with E-state index in [0.717, 1.165) is 11.1 Å². The molecule has 150 valence electrons. The molecule has 0 fully saturated rings. The SMILES string of the molecule is O=C(O)c1cn(-c2c(OCc3ccccc3)cccc2OCc2ccccc2)cn1. The van der Waals surface area contributed by atoms with Gasteiger partial charge in [0.25, 0.3) is 0 Å². The van der Waals surface area contributed by atoms with Crippen LogP contribution < -0.4 is 9.47 Å². The molecule has 4 rings (SSSR count). The minimum Gasteiger partial charge on any atom is -0.487 e. The molecule has 0 atom stereocenters. The molecule has 3 aromatic carbocycles. The zero-order valence-electron chi connectivity index (χ0n) is 16.1. The van der Waals surface area contributed by atoms with Crippen LogP contribution in [-0.4, -0.2) is 20.6 Å². The average molecular weight is 400 g/mol. The molecule has 1 aromatic heterocycles. The van der Waals surface area contributed by atoms with E-state index in [1.54, 1.807) is 4.57 Å². The molecule has 0 amide bonds. The van der Waals surface area contributed by atoms with Gasteiger partial charge >= 0.3 is 5.97 Å². The Bertz CT molecular complexity index is 1060. The van der Waals surface area contributed by atoms with Crippen molar-refractivity contribution in [3.8, 4) is 17.2 Å². The summed E-state index contributed by atoms with van der Waals surface area (Å²) < 4.78 is 13.7. The molecule has 1 N–H and O–H groups in total. The second-order valence-electron chi connectivity index (χ2n) is 6.62. The van der Waals surface area contributed by atoms with Crippen molar-refractivity contribution in [3.63, 3.8) is 0 Å². The van der Waals surface area contributed by atoms with Gasteiger partial charge in [-0.3, -0.25) is 4.57 Å². The van der Waals surface area contributed by atoms with Crippen LogP contribution in [-0.2, 0) is 13.2 Å². The molecule has 6 heteroatoms. The van der Waals surface area contributed by atoms with E-state index < -0.39 is 5.97 Å². The molecule has 30 heavy (non-hydrogen) atoms. The Morgan fingerprint density at radius 2 is 1.33 bits per heavy atom. The van der Waals surface area contributed by atoms with Gasteiger partial charge in [0, 0.05) is 6.20 Å². The predicted octanol–water partition coefficient (Wildman–Crippen LogP) is 4.73. The van der Waals surface area contributed by atoms with Crippen LogP contribution in [0.2, 0.25) is 0 Å². The number of nitrogens with zero attached hydrogens (tertiary/aromatic N) is 2. The van der Waals surface area contributed by atoms with Gasteiger partial charge in [0.05, 0.1) is 0 Å². The summed E-state index contributed by atoms with van der Waals surface area (Å²) in [5, 5.41) is 9.25. The first-order chi connectivity index (χ1) is 14.7. The molecule has 4 aromatic rings. The van der Waals surface area contributed by atoms with E-state index in [2.05, 4.69) is 4.98 Å². The van der Waals surface area contributed by atoms with Crippen LogP contribution in [0.15, 0.2) is 91.4 Å². The van der Waals surface area contributed by atoms with Gasteiger partial charge in [-0.25, -0.2) is 9.78 Å². The van der Waals surface area contributed by atoms with E-state index in [9.17, 15) is 9.90 Å². The van der Waals surface area contributed by atoms with Crippen LogP contribution in [0.4, 0.5) is 0 Å². The van der Waals surface area contributed by atoms with Gasteiger partial charge in [-0.1, -0.05) is 66.7 Å². The quantitative estimate of drug-likeness (QED) is 0.463. The first-order valence-corrected chi connectivity index (χ1v) is 9.45. The lowest BCUT2D eigenvalue weighted by atomic mass is 10.2. The lowest BCUT2D eigenvalue weighted by Gasteiger charge is -2.17. The maximum absolute atomic E-state index is 11.3. The van der Waals surface area contributed by atoms with E-state index in [-0.39, 0.29) is 5.69 Å². The third-order valence-corrected chi connectivity index (χ3v) is 4.50. The van der Waals surface area contributed by atoms with Crippen molar-refractivity contribution < 1.29 is 19.4 Å². The molecule has 0 saturated heterocycles. The average Bonchev–Trinajstić information content (AvgIpc) is 3.28. The summed E-state index contributed by atoms with van der Waals surface area (Å²) >= 11 is 0. The zero-order valence-corrected chi connectivity index (χ0v) is 16.1. The number of aromatic carboxylic acids is 1. The van der Waals surface area contributed by atoms with Crippen molar-refractivity contribution in [2.75, 3.05) is 0 Å². The van der Waals surface area contributed by atoms with E-state index in [4.69, 9.17) is 9.47 Å². The molecule has 0 aliphatic rings. The Morgan fingerprint density at radius 3 is 1.80 bits per heavy atom. The van der Waals surface area contributed by atoms with Crippen molar-refractivity contribution in [3.05, 3.63) is 108 Å². The van der Waals surface area contributed by atoms with Crippen LogP contribution in [0.3, 0.4) is 0 Å². The number of carboxylic acid groups (broad SMARTS) is 1. The number of rotatable bonds is 8. The second kappa shape index (κ2) is 8.96. The zero-order chi connectivity index (χ0) is 20.8. The third kappa shape index (κ3) is 4.50. The van der Waals surface area contributed by atoms with Gasteiger partial charge in [-0.15, -0.1) is 0 Å². The van der Waals surface area contributed by atoms with Crippen molar-refractivity contribution in [2.24, 2.45) is 0 Å². The summed E-state index contributed by atoms with van der Waals surface area (Å²) in [5.41, 5.74) is 2.60. The number of hydrogen-bond acceptors (Lipinski definition) is 4. The molecule has 0 spiro atoms. The lowest BCUT2D eigenvalue weighted by molar-refractivity contribution is 0.0691. The summed E-state index contributed by atoms with van der Waals surface area (Å²) in [5.74, 6) is 0.0423. The fourth-order valence-corrected chi connectivity index (χ4v) is 3.02. The largest absolute Gasteiger partial charge is 0.487 e. The Hall–Kier alpha value is -4.06. The number of aromatic nitrogens is 2. The normalized spacial score (nSPS) is 10.5. The van der Waals surface area contributed by atoms with Crippen molar-refractivity contribution in [1.29, 1.82) is 0 Å². The monoisotopic (exact) mass is 400 g/mol. The van der Waals surface area contributed by atoms with Gasteiger partial charge < -0.3 is 14.6 Å². The first kappa shape index (κ1) is 19.3. The second-order valence-corrected chi connectivity index (χ2v) is 6.62. The molecule has 6 nitrogen and oxygen atoms in total. The fraction of sp³-hybridized carbons (Fsp3) is 0.0833. The minimum absolute atomic E-state index is 0.0538. The summed E-state index contributed by atoms with van der Waals surface area (Å²) in [6.45, 7) is 0.743. The lowest BCUT2D eigenvalue weighted by Crippen LogP contribution is -2.04.